The highest BCUT2D eigenvalue weighted by Gasteiger charge is 2.23. The van der Waals surface area contributed by atoms with Gasteiger partial charge in [0.2, 0.25) is 5.91 Å². The van der Waals surface area contributed by atoms with Crippen molar-refractivity contribution in [3.05, 3.63) is 35.6 Å². The van der Waals surface area contributed by atoms with Crippen LogP contribution in [0.4, 0.5) is 4.39 Å². The van der Waals surface area contributed by atoms with Gasteiger partial charge in [-0.15, -0.1) is 0 Å². The molecule has 1 rings (SSSR count). The number of carbonyl (C=O) groups is 2. The van der Waals surface area contributed by atoms with E-state index in [0.29, 0.717) is 18.4 Å². The van der Waals surface area contributed by atoms with Crippen LogP contribution in [-0.4, -0.2) is 23.0 Å². The van der Waals surface area contributed by atoms with Crippen LogP contribution in [-0.2, 0) is 16.0 Å². The number of amides is 1. The second kappa shape index (κ2) is 7.76. The van der Waals surface area contributed by atoms with Gasteiger partial charge in [-0.25, -0.2) is 4.39 Å². The Bertz CT molecular complexity index is 504. The van der Waals surface area contributed by atoms with Crippen LogP contribution in [0.2, 0.25) is 0 Å². The largest absolute Gasteiger partial charge is 0.481 e. The third kappa shape index (κ3) is 5.17. The average molecular weight is 295 g/mol. The summed E-state index contributed by atoms with van der Waals surface area (Å²) < 4.78 is 13.5. The lowest BCUT2D eigenvalue weighted by Crippen LogP contribution is -2.42. The predicted octanol–water partition coefficient (Wildman–Crippen LogP) is 2.62. The van der Waals surface area contributed by atoms with Crippen molar-refractivity contribution in [3.63, 3.8) is 0 Å². The fourth-order valence-electron chi connectivity index (χ4n) is 1.91. The summed E-state index contributed by atoms with van der Waals surface area (Å²) in [6.07, 6.45) is 0.991. The Morgan fingerprint density at radius 3 is 2.43 bits per heavy atom. The number of carbonyl (C=O) groups excluding carboxylic acids is 1. The molecule has 3 unspecified atom stereocenters. The second-order valence-electron chi connectivity index (χ2n) is 5.46. The lowest BCUT2D eigenvalue weighted by molar-refractivity contribution is -0.142. The highest BCUT2D eigenvalue weighted by molar-refractivity contribution is 5.79. The molecule has 0 heterocycles. The van der Waals surface area contributed by atoms with Gasteiger partial charge in [0.1, 0.15) is 5.82 Å². The van der Waals surface area contributed by atoms with Gasteiger partial charge in [0, 0.05) is 12.0 Å². The Hall–Kier alpha value is -1.91. The van der Waals surface area contributed by atoms with E-state index < -0.39 is 17.9 Å². The molecule has 0 saturated carbocycles. The minimum atomic E-state index is -0.943. The second-order valence-corrected chi connectivity index (χ2v) is 5.46. The van der Waals surface area contributed by atoms with E-state index in [1.54, 1.807) is 39.0 Å². The van der Waals surface area contributed by atoms with Crippen molar-refractivity contribution in [2.24, 2.45) is 11.8 Å². The first-order valence-electron chi connectivity index (χ1n) is 7.09. The van der Waals surface area contributed by atoms with Gasteiger partial charge < -0.3 is 10.4 Å². The normalized spacial score (nSPS) is 15.0. The topological polar surface area (TPSA) is 66.4 Å². The van der Waals surface area contributed by atoms with E-state index in [4.69, 9.17) is 5.11 Å². The Morgan fingerprint density at radius 1 is 1.24 bits per heavy atom. The molecule has 5 heteroatoms. The fraction of sp³-hybridized carbons (Fsp3) is 0.500. The molecule has 3 atom stereocenters. The Balaban J connectivity index is 2.48. The highest BCUT2D eigenvalue weighted by Crippen LogP contribution is 2.14. The van der Waals surface area contributed by atoms with E-state index in [0.717, 1.165) is 0 Å². The molecule has 0 fully saturated rings. The maximum absolute atomic E-state index is 13.5. The minimum Gasteiger partial charge on any atom is -0.481 e. The van der Waals surface area contributed by atoms with Crippen molar-refractivity contribution in [1.29, 1.82) is 0 Å². The number of hydrogen-bond donors (Lipinski definition) is 2. The summed E-state index contributed by atoms with van der Waals surface area (Å²) in [5.74, 6) is -2.35. The number of carboxylic acids is 1. The van der Waals surface area contributed by atoms with Gasteiger partial charge >= 0.3 is 5.97 Å². The van der Waals surface area contributed by atoms with E-state index in [9.17, 15) is 14.0 Å². The van der Waals surface area contributed by atoms with Crippen molar-refractivity contribution < 1.29 is 19.1 Å². The van der Waals surface area contributed by atoms with Crippen LogP contribution in [0.3, 0.4) is 0 Å². The maximum atomic E-state index is 13.5. The first kappa shape index (κ1) is 17.1. The van der Waals surface area contributed by atoms with Gasteiger partial charge in [-0.05, 0) is 38.3 Å². The first-order chi connectivity index (χ1) is 9.82. The zero-order valence-corrected chi connectivity index (χ0v) is 12.6. The minimum absolute atomic E-state index is 0.202. The molecule has 2 N–H and O–H groups in total. The van der Waals surface area contributed by atoms with Crippen molar-refractivity contribution in [3.8, 4) is 0 Å². The van der Waals surface area contributed by atoms with E-state index in [2.05, 4.69) is 5.32 Å². The number of nitrogens with one attached hydrogen (secondary N) is 1. The van der Waals surface area contributed by atoms with Gasteiger partial charge in [-0.1, -0.05) is 25.1 Å². The molecule has 1 aromatic carbocycles. The molecule has 1 aromatic rings. The molecule has 0 aliphatic carbocycles. The van der Waals surface area contributed by atoms with Gasteiger partial charge in [-0.2, -0.15) is 0 Å². The summed E-state index contributed by atoms with van der Waals surface area (Å²) >= 11 is 0. The summed E-state index contributed by atoms with van der Waals surface area (Å²) in [4.78, 5) is 22.8. The number of aliphatic carboxylic acids is 1. The van der Waals surface area contributed by atoms with Gasteiger partial charge in [0.25, 0.3) is 0 Å². The van der Waals surface area contributed by atoms with E-state index in [-0.39, 0.29) is 17.6 Å². The molecule has 0 radical (unpaired) electrons. The molecule has 4 nitrogen and oxygen atoms in total. The van der Waals surface area contributed by atoms with Crippen molar-refractivity contribution >= 4 is 11.9 Å². The smallest absolute Gasteiger partial charge is 0.308 e. The maximum Gasteiger partial charge on any atom is 0.308 e. The molecule has 0 aliphatic rings. The lowest BCUT2D eigenvalue weighted by Gasteiger charge is -2.20. The molecule has 1 amide bonds. The van der Waals surface area contributed by atoms with Crippen molar-refractivity contribution in [2.45, 2.75) is 39.7 Å². The fourth-order valence-corrected chi connectivity index (χ4v) is 1.91. The highest BCUT2D eigenvalue weighted by atomic mass is 19.1. The standard InChI is InChI=1S/C16H22FNO3/c1-10(8-9-13-6-4-5-7-14(13)17)15(19)18-12(3)11(2)16(20)21/h4-7,10-12H,8-9H2,1-3H3,(H,18,19)(H,20,21). The summed E-state index contributed by atoms with van der Waals surface area (Å²) in [5.41, 5.74) is 0.587. The third-order valence-corrected chi connectivity index (χ3v) is 3.76. The zero-order valence-electron chi connectivity index (χ0n) is 12.6. The molecular weight excluding hydrogens is 273 g/mol. The molecule has 0 bridgehead atoms. The molecule has 0 aromatic heterocycles. The Labute approximate surface area is 124 Å². The van der Waals surface area contributed by atoms with E-state index in [1.165, 1.54) is 6.07 Å². The van der Waals surface area contributed by atoms with Crippen LogP contribution >= 0.6 is 0 Å². The average Bonchev–Trinajstić information content (AvgIpc) is 2.44. The third-order valence-electron chi connectivity index (χ3n) is 3.76. The molecule has 0 spiro atoms. The summed E-state index contributed by atoms with van der Waals surface area (Å²) in [6.45, 7) is 4.98. The number of benzene rings is 1. The SMILES string of the molecule is CC(CCc1ccccc1F)C(=O)NC(C)C(C)C(=O)O. The van der Waals surface area contributed by atoms with Gasteiger partial charge in [0.05, 0.1) is 5.92 Å². The Kier molecular flexibility index (Phi) is 6.34. The molecule has 21 heavy (non-hydrogen) atoms. The molecular formula is C16H22FNO3. The number of halogens is 1. The molecule has 116 valence electrons. The van der Waals surface area contributed by atoms with Crippen LogP contribution in [0.1, 0.15) is 32.8 Å². The van der Waals surface area contributed by atoms with Crippen LogP contribution < -0.4 is 5.32 Å². The van der Waals surface area contributed by atoms with E-state index in [1.807, 2.05) is 0 Å². The number of aryl methyl sites for hydroxylation is 1. The monoisotopic (exact) mass is 295 g/mol. The van der Waals surface area contributed by atoms with E-state index >= 15 is 0 Å². The first-order valence-corrected chi connectivity index (χ1v) is 7.09. The van der Waals surface area contributed by atoms with Crippen LogP contribution in [0.5, 0.6) is 0 Å². The van der Waals surface area contributed by atoms with Crippen molar-refractivity contribution in [2.75, 3.05) is 0 Å². The number of hydrogen-bond acceptors (Lipinski definition) is 2. The van der Waals surface area contributed by atoms with Crippen LogP contribution in [0.15, 0.2) is 24.3 Å². The predicted molar refractivity (Wildman–Crippen MR) is 78.3 cm³/mol. The zero-order chi connectivity index (χ0) is 16.0. The van der Waals surface area contributed by atoms with Crippen LogP contribution in [0, 0.1) is 17.7 Å². The summed E-state index contributed by atoms with van der Waals surface area (Å²) in [6, 6.07) is 6.06. The Morgan fingerprint density at radius 2 is 1.86 bits per heavy atom. The lowest BCUT2D eigenvalue weighted by atomic mass is 9.98. The van der Waals surface area contributed by atoms with Gasteiger partial charge in [-0.3, -0.25) is 9.59 Å². The number of rotatable bonds is 7. The molecule has 0 saturated heterocycles. The summed E-state index contributed by atoms with van der Waals surface area (Å²) in [7, 11) is 0. The van der Waals surface area contributed by atoms with Crippen molar-refractivity contribution in [1.82, 2.24) is 5.32 Å². The van der Waals surface area contributed by atoms with Gasteiger partial charge in [0.15, 0.2) is 0 Å². The number of carboxylic acid groups (broad SMARTS) is 1. The quantitative estimate of drug-likeness (QED) is 0.812. The summed E-state index contributed by atoms with van der Waals surface area (Å²) in [5, 5.41) is 11.6. The molecule has 0 aliphatic heterocycles. The van der Waals surface area contributed by atoms with Crippen LogP contribution in [0.25, 0.3) is 0 Å².